The van der Waals surface area contributed by atoms with Crippen molar-refractivity contribution in [1.82, 2.24) is 5.32 Å². The van der Waals surface area contributed by atoms with E-state index in [1.165, 1.54) is 37.7 Å². The van der Waals surface area contributed by atoms with E-state index in [2.05, 4.69) is 31.3 Å². The molecule has 0 heterocycles. The van der Waals surface area contributed by atoms with Crippen LogP contribution in [-0.2, 0) is 0 Å². The second kappa shape index (κ2) is 6.95. The predicted molar refractivity (Wildman–Crippen MR) is 80.6 cm³/mol. The molecule has 3 unspecified atom stereocenters. The van der Waals surface area contributed by atoms with Crippen molar-refractivity contribution in [3.05, 3.63) is 29.8 Å². The van der Waals surface area contributed by atoms with Crippen LogP contribution in [0, 0.1) is 5.92 Å². The van der Waals surface area contributed by atoms with Gasteiger partial charge in [-0.1, -0.05) is 44.4 Å². The molecule has 1 aromatic rings. The number of benzene rings is 1. The van der Waals surface area contributed by atoms with Crippen molar-refractivity contribution < 1.29 is 4.74 Å². The molecule has 1 aliphatic carbocycles. The van der Waals surface area contributed by atoms with Gasteiger partial charge in [-0.2, -0.15) is 0 Å². The van der Waals surface area contributed by atoms with Crippen molar-refractivity contribution in [2.45, 2.75) is 58.0 Å². The van der Waals surface area contributed by atoms with Gasteiger partial charge in [0.05, 0.1) is 7.11 Å². The number of para-hydroxylation sites is 1. The molecule has 1 aliphatic rings. The lowest BCUT2D eigenvalue weighted by atomic mass is 9.95. The van der Waals surface area contributed by atoms with Crippen molar-refractivity contribution in [2.24, 2.45) is 5.92 Å². The average Bonchev–Trinajstić information content (AvgIpc) is 2.64. The molecule has 2 nitrogen and oxygen atoms in total. The van der Waals surface area contributed by atoms with Gasteiger partial charge in [-0.15, -0.1) is 0 Å². The lowest BCUT2D eigenvalue weighted by Gasteiger charge is -2.28. The van der Waals surface area contributed by atoms with E-state index in [0.717, 1.165) is 11.7 Å². The number of nitrogens with one attached hydrogen (secondary N) is 1. The molecule has 0 aliphatic heterocycles. The van der Waals surface area contributed by atoms with Gasteiger partial charge in [-0.05, 0) is 31.7 Å². The molecule has 0 saturated heterocycles. The summed E-state index contributed by atoms with van der Waals surface area (Å²) in [7, 11) is 1.75. The average molecular weight is 261 g/mol. The molecular weight excluding hydrogens is 234 g/mol. The van der Waals surface area contributed by atoms with E-state index in [0.29, 0.717) is 12.1 Å². The van der Waals surface area contributed by atoms with Crippen molar-refractivity contribution in [3.63, 3.8) is 0 Å². The van der Waals surface area contributed by atoms with Crippen LogP contribution in [-0.4, -0.2) is 13.2 Å². The highest BCUT2D eigenvalue weighted by atomic mass is 16.5. The third-order valence-electron chi connectivity index (χ3n) is 4.43. The molecule has 0 bridgehead atoms. The van der Waals surface area contributed by atoms with E-state index in [-0.39, 0.29) is 0 Å². The van der Waals surface area contributed by atoms with Crippen LogP contribution in [0.2, 0.25) is 0 Å². The summed E-state index contributed by atoms with van der Waals surface area (Å²) >= 11 is 0. The van der Waals surface area contributed by atoms with E-state index in [4.69, 9.17) is 4.74 Å². The van der Waals surface area contributed by atoms with Gasteiger partial charge in [-0.25, -0.2) is 0 Å². The fourth-order valence-corrected chi connectivity index (χ4v) is 3.18. The first kappa shape index (κ1) is 14.4. The normalized spacial score (nSPS) is 25.6. The fourth-order valence-electron chi connectivity index (χ4n) is 3.18. The molecule has 1 N–H and O–H groups in total. The van der Waals surface area contributed by atoms with E-state index in [1.807, 2.05) is 12.1 Å². The summed E-state index contributed by atoms with van der Waals surface area (Å²) in [6.45, 7) is 4.63. The van der Waals surface area contributed by atoms with Crippen molar-refractivity contribution in [1.29, 1.82) is 0 Å². The number of methoxy groups -OCH3 is 1. The standard InChI is InChI=1S/C17H27NO/c1-13-9-5-4-6-11-16(13)18-14(2)15-10-7-8-12-17(15)19-3/h7-8,10,12-14,16,18H,4-6,9,11H2,1-3H3. The van der Waals surface area contributed by atoms with Crippen LogP contribution in [0.5, 0.6) is 5.75 Å². The minimum absolute atomic E-state index is 0.349. The Morgan fingerprint density at radius 3 is 2.68 bits per heavy atom. The van der Waals surface area contributed by atoms with Crippen LogP contribution >= 0.6 is 0 Å². The number of hydrogen-bond acceptors (Lipinski definition) is 2. The third kappa shape index (κ3) is 3.73. The Balaban J connectivity index is 2.04. The minimum atomic E-state index is 0.349. The Bertz CT molecular complexity index is 391. The first-order valence-corrected chi connectivity index (χ1v) is 7.61. The summed E-state index contributed by atoms with van der Waals surface area (Å²) in [5.74, 6) is 1.77. The van der Waals surface area contributed by atoms with Gasteiger partial charge in [0, 0.05) is 17.6 Å². The summed E-state index contributed by atoms with van der Waals surface area (Å²) in [4.78, 5) is 0. The van der Waals surface area contributed by atoms with Crippen molar-refractivity contribution in [2.75, 3.05) is 7.11 Å². The lowest BCUT2D eigenvalue weighted by Crippen LogP contribution is -2.36. The van der Waals surface area contributed by atoms with Gasteiger partial charge in [0.25, 0.3) is 0 Å². The van der Waals surface area contributed by atoms with Gasteiger partial charge in [0.1, 0.15) is 5.75 Å². The molecule has 1 aromatic carbocycles. The topological polar surface area (TPSA) is 21.3 Å². The highest BCUT2D eigenvalue weighted by molar-refractivity contribution is 5.35. The summed E-state index contributed by atoms with van der Waals surface area (Å²) in [6, 6.07) is 9.32. The van der Waals surface area contributed by atoms with Crippen LogP contribution in [0.25, 0.3) is 0 Å². The van der Waals surface area contributed by atoms with Crippen molar-refractivity contribution >= 4 is 0 Å². The lowest BCUT2D eigenvalue weighted by molar-refractivity contribution is 0.324. The Morgan fingerprint density at radius 2 is 1.89 bits per heavy atom. The van der Waals surface area contributed by atoms with E-state index in [9.17, 15) is 0 Å². The number of rotatable bonds is 4. The Labute approximate surface area is 117 Å². The van der Waals surface area contributed by atoms with Gasteiger partial charge < -0.3 is 10.1 Å². The summed E-state index contributed by atoms with van der Waals surface area (Å²) in [6.07, 6.45) is 6.81. The molecule has 2 heteroatoms. The molecule has 2 rings (SSSR count). The second-order valence-electron chi connectivity index (χ2n) is 5.85. The van der Waals surface area contributed by atoms with Gasteiger partial charge >= 0.3 is 0 Å². The number of ether oxygens (including phenoxy) is 1. The zero-order valence-corrected chi connectivity index (χ0v) is 12.5. The quantitative estimate of drug-likeness (QED) is 0.815. The zero-order chi connectivity index (χ0) is 13.7. The van der Waals surface area contributed by atoms with E-state index >= 15 is 0 Å². The van der Waals surface area contributed by atoms with Crippen LogP contribution in [0.1, 0.15) is 57.6 Å². The fraction of sp³-hybridized carbons (Fsp3) is 0.647. The molecule has 0 spiro atoms. The summed E-state index contributed by atoms with van der Waals surface area (Å²) in [5.41, 5.74) is 1.27. The summed E-state index contributed by atoms with van der Waals surface area (Å²) < 4.78 is 5.47. The Kier molecular flexibility index (Phi) is 5.26. The molecule has 0 radical (unpaired) electrons. The molecule has 106 valence electrons. The molecule has 1 saturated carbocycles. The summed E-state index contributed by atoms with van der Waals surface area (Å²) in [5, 5.41) is 3.82. The SMILES string of the molecule is COc1ccccc1C(C)NC1CCCCCC1C. The number of hydrogen-bond donors (Lipinski definition) is 1. The van der Waals surface area contributed by atoms with Crippen LogP contribution in [0.3, 0.4) is 0 Å². The Hall–Kier alpha value is -1.02. The minimum Gasteiger partial charge on any atom is -0.496 e. The zero-order valence-electron chi connectivity index (χ0n) is 12.5. The van der Waals surface area contributed by atoms with Gasteiger partial charge in [-0.3, -0.25) is 0 Å². The second-order valence-corrected chi connectivity index (χ2v) is 5.85. The maximum Gasteiger partial charge on any atom is 0.123 e. The monoisotopic (exact) mass is 261 g/mol. The molecule has 3 atom stereocenters. The molecule has 1 fully saturated rings. The highest BCUT2D eigenvalue weighted by Crippen LogP contribution is 2.28. The Morgan fingerprint density at radius 1 is 1.16 bits per heavy atom. The molecule has 0 aromatic heterocycles. The molecular formula is C17H27NO. The van der Waals surface area contributed by atoms with Crippen LogP contribution in [0.4, 0.5) is 0 Å². The smallest absolute Gasteiger partial charge is 0.123 e. The predicted octanol–water partition coefficient (Wildman–Crippen LogP) is 4.31. The highest BCUT2D eigenvalue weighted by Gasteiger charge is 2.22. The van der Waals surface area contributed by atoms with Gasteiger partial charge in [0.2, 0.25) is 0 Å². The maximum atomic E-state index is 5.47. The van der Waals surface area contributed by atoms with Crippen LogP contribution in [0.15, 0.2) is 24.3 Å². The largest absolute Gasteiger partial charge is 0.496 e. The maximum absolute atomic E-state index is 5.47. The van der Waals surface area contributed by atoms with E-state index < -0.39 is 0 Å². The van der Waals surface area contributed by atoms with Crippen molar-refractivity contribution in [3.8, 4) is 5.75 Å². The first-order valence-electron chi connectivity index (χ1n) is 7.61. The molecule has 19 heavy (non-hydrogen) atoms. The van der Waals surface area contributed by atoms with Crippen LogP contribution < -0.4 is 10.1 Å². The van der Waals surface area contributed by atoms with E-state index in [1.54, 1.807) is 7.11 Å². The van der Waals surface area contributed by atoms with Gasteiger partial charge in [0.15, 0.2) is 0 Å². The third-order valence-corrected chi connectivity index (χ3v) is 4.43. The first-order chi connectivity index (χ1) is 9.22. The molecule has 0 amide bonds.